The van der Waals surface area contributed by atoms with Crippen LogP contribution in [0.1, 0.15) is 54.8 Å². The molecule has 1 saturated heterocycles. The van der Waals surface area contributed by atoms with Crippen LogP contribution in [0.5, 0.6) is 11.5 Å². The maximum Gasteiger partial charge on any atom is 0.341 e. The highest BCUT2D eigenvalue weighted by atomic mass is 16.5. The number of piperidine rings is 1. The number of rotatable bonds is 10. The summed E-state index contributed by atoms with van der Waals surface area (Å²) in [6.07, 6.45) is 6.18. The van der Waals surface area contributed by atoms with Crippen molar-refractivity contribution in [1.29, 1.82) is 0 Å². The number of ether oxygens (including phenoxy) is 4. The van der Waals surface area contributed by atoms with Crippen LogP contribution in [0.3, 0.4) is 0 Å². The lowest BCUT2D eigenvalue weighted by Crippen LogP contribution is -2.35. The van der Waals surface area contributed by atoms with Crippen molar-refractivity contribution in [3.8, 4) is 11.5 Å². The predicted molar refractivity (Wildman–Crippen MR) is 134 cm³/mol. The molecule has 2 aromatic heterocycles. The second-order valence-corrected chi connectivity index (χ2v) is 8.74. The van der Waals surface area contributed by atoms with Gasteiger partial charge in [-0.05, 0) is 75.5 Å². The molecule has 8 nitrogen and oxygen atoms in total. The number of methoxy groups -OCH3 is 2. The molecular weight excluding hydrogens is 446 g/mol. The Bertz CT molecular complexity index is 1140. The van der Waals surface area contributed by atoms with Gasteiger partial charge >= 0.3 is 5.97 Å². The largest absolute Gasteiger partial charge is 0.497 e. The van der Waals surface area contributed by atoms with Gasteiger partial charge in [-0.2, -0.15) is 0 Å². The molecule has 1 aromatic carbocycles. The maximum absolute atomic E-state index is 12.1. The SMILES string of the molecule is CCOC(C)n1cc(C2CCN(CCOc3cc(OC)ccc3C(=O)OC)CC2)c2cccnc21. The van der Waals surface area contributed by atoms with E-state index >= 15 is 0 Å². The first-order valence-corrected chi connectivity index (χ1v) is 12.2. The molecule has 0 amide bonds. The summed E-state index contributed by atoms with van der Waals surface area (Å²) in [5.41, 5.74) is 2.74. The zero-order chi connectivity index (χ0) is 24.8. The van der Waals surface area contributed by atoms with Crippen molar-refractivity contribution in [3.05, 3.63) is 53.9 Å². The molecule has 0 bridgehead atoms. The van der Waals surface area contributed by atoms with Gasteiger partial charge in [0.1, 0.15) is 35.5 Å². The lowest BCUT2D eigenvalue weighted by Gasteiger charge is -2.31. The number of aromatic nitrogens is 2. The fourth-order valence-corrected chi connectivity index (χ4v) is 4.81. The smallest absolute Gasteiger partial charge is 0.341 e. The molecule has 1 aliphatic rings. The van der Waals surface area contributed by atoms with Crippen LogP contribution >= 0.6 is 0 Å². The van der Waals surface area contributed by atoms with Gasteiger partial charge in [0.2, 0.25) is 0 Å². The normalized spacial score (nSPS) is 15.8. The standard InChI is InChI=1S/C27H35N3O5/c1-5-34-19(2)30-18-24(22-7-6-12-28-26(22)30)20-10-13-29(14-11-20)15-16-35-25-17-21(32-3)8-9-23(25)27(31)33-4/h6-9,12,17-20H,5,10-11,13-16H2,1-4H3. The van der Waals surface area contributed by atoms with Crippen molar-refractivity contribution >= 4 is 17.0 Å². The van der Waals surface area contributed by atoms with E-state index in [9.17, 15) is 4.79 Å². The van der Waals surface area contributed by atoms with Crippen LogP contribution in [0, 0.1) is 0 Å². The summed E-state index contributed by atoms with van der Waals surface area (Å²) in [6, 6.07) is 9.30. The van der Waals surface area contributed by atoms with Crippen molar-refractivity contribution in [1.82, 2.24) is 14.5 Å². The number of benzene rings is 1. The minimum atomic E-state index is -0.421. The van der Waals surface area contributed by atoms with E-state index in [2.05, 4.69) is 33.6 Å². The highest BCUT2D eigenvalue weighted by Gasteiger charge is 2.25. The maximum atomic E-state index is 12.1. The molecule has 8 heteroatoms. The van der Waals surface area contributed by atoms with Crippen molar-refractivity contribution < 1.29 is 23.7 Å². The molecule has 0 aliphatic carbocycles. The lowest BCUT2D eigenvalue weighted by atomic mass is 9.89. The second kappa shape index (κ2) is 11.6. The molecule has 188 valence electrons. The monoisotopic (exact) mass is 481 g/mol. The molecule has 0 spiro atoms. The van der Waals surface area contributed by atoms with Crippen molar-refractivity contribution in [3.63, 3.8) is 0 Å². The average Bonchev–Trinajstić information content (AvgIpc) is 3.28. The highest BCUT2D eigenvalue weighted by Crippen LogP contribution is 2.35. The van der Waals surface area contributed by atoms with Crippen LogP contribution in [0.2, 0.25) is 0 Å². The Morgan fingerprint density at radius 3 is 2.71 bits per heavy atom. The Morgan fingerprint density at radius 1 is 1.20 bits per heavy atom. The number of likely N-dealkylation sites (tertiary alicyclic amines) is 1. The fourth-order valence-electron chi connectivity index (χ4n) is 4.81. The third-order valence-corrected chi connectivity index (χ3v) is 6.71. The van der Waals surface area contributed by atoms with Crippen molar-refractivity contribution in [2.24, 2.45) is 0 Å². The lowest BCUT2D eigenvalue weighted by molar-refractivity contribution is 0.0275. The Hall–Kier alpha value is -3.10. The molecule has 0 N–H and O–H groups in total. The molecule has 0 saturated carbocycles. The second-order valence-electron chi connectivity index (χ2n) is 8.74. The Labute approximate surface area is 206 Å². The molecule has 0 radical (unpaired) electrons. The number of carbonyl (C=O) groups is 1. The Morgan fingerprint density at radius 2 is 2.00 bits per heavy atom. The summed E-state index contributed by atoms with van der Waals surface area (Å²) < 4.78 is 24.1. The molecule has 35 heavy (non-hydrogen) atoms. The van der Waals surface area contributed by atoms with Crippen molar-refractivity contribution in [2.45, 2.75) is 38.8 Å². The number of hydrogen-bond donors (Lipinski definition) is 0. The van der Waals surface area contributed by atoms with Gasteiger partial charge in [0.25, 0.3) is 0 Å². The number of hydrogen-bond acceptors (Lipinski definition) is 7. The Kier molecular flexibility index (Phi) is 8.25. The van der Waals surface area contributed by atoms with Crippen LogP contribution < -0.4 is 9.47 Å². The summed E-state index contributed by atoms with van der Waals surface area (Å²) in [7, 11) is 2.96. The van der Waals surface area contributed by atoms with Crippen LogP contribution in [-0.2, 0) is 9.47 Å². The van der Waals surface area contributed by atoms with Crippen LogP contribution in [0.25, 0.3) is 11.0 Å². The zero-order valence-electron chi connectivity index (χ0n) is 21.0. The van der Waals surface area contributed by atoms with Gasteiger partial charge in [-0.1, -0.05) is 0 Å². The van der Waals surface area contributed by atoms with Gasteiger partial charge in [-0.15, -0.1) is 0 Å². The van der Waals surface area contributed by atoms with Crippen LogP contribution in [-0.4, -0.2) is 67.5 Å². The van der Waals surface area contributed by atoms with Crippen LogP contribution in [0.15, 0.2) is 42.7 Å². The number of nitrogens with zero attached hydrogens (tertiary/aromatic N) is 3. The number of pyridine rings is 1. The molecular formula is C27H35N3O5. The number of esters is 1. The Balaban J connectivity index is 1.37. The third kappa shape index (κ3) is 5.60. The number of carbonyl (C=O) groups excluding carboxylic acids is 1. The molecule has 4 rings (SSSR count). The quantitative estimate of drug-likeness (QED) is 0.390. The van der Waals surface area contributed by atoms with Gasteiger partial charge in [0.05, 0.1) is 14.2 Å². The third-order valence-electron chi connectivity index (χ3n) is 6.71. The van der Waals surface area contributed by atoms with E-state index in [-0.39, 0.29) is 6.23 Å². The minimum Gasteiger partial charge on any atom is -0.497 e. The molecule has 1 atom stereocenters. The van der Waals surface area contributed by atoms with E-state index in [1.807, 2.05) is 19.2 Å². The summed E-state index contributed by atoms with van der Waals surface area (Å²) in [4.78, 5) is 19.1. The molecule has 1 fully saturated rings. The van der Waals surface area contributed by atoms with E-state index in [1.165, 1.54) is 18.1 Å². The van der Waals surface area contributed by atoms with E-state index in [0.717, 1.165) is 38.1 Å². The fraction of sp³-hybridized carbons (Fsp3) is 0.481. The van der Waals surface area contributed by atoms with Gasteiger partial charge in [-0.25, -0.2) is 9.78 Å². The van der Waals surface area contributed by atoms with Gasteiger partial charge in [0, 0.05) is 37.0 Å². The van der Waals surface area contributed by atoms with Crippen molar-refractivity contribution in [2.75, 3.05) is 47.1 Å². The first-order valence-electron chi connectivity index (χ1n) is 12.2. The zero-order valence-corrected chi connectivity index (χ0v) is 21.0. The van der Waals surface area contributed by atoms with E-state index < -0.39 is 5.97 Å². The summed E-state index contributed by atoms with van der Waals surface area (Å²) in [5, 5.41) is 1.22. The summed E-state index contributed by atoms with van der Waals surface area (Å²) >= 11 is 0. The van der Waals surface area contributed by atoms with Crippen LogP contribution in [0.4, 0.5) is 0 Å². The van der Waals surface area contributed by atoms with E-state index in [1.54, 1.807) is 25.3 Å². The predicted octanol–water partition coefficient (Wildman–Crippen LogP) is 4.64. The molecule has 1 unspecified atom stereocenters. The van der Waals surface area contributed by atoms with E-state index in [0.29, 0.717) is 36.2 Å². The molecule has 3 heterocycles. The topological polar surface area (TPSA) is 75.0 Å². The molecule has 1 aliphatic heterocycles. The summed E-state index contributed by atoms with van der Waals surface area (Å²) in [6.45, 7) is 8.00. The first-order chi connectivity index (χ1) is 17.0. The first kappa shape index (κ1) is 25.0. The molecule has 3 aromatic rings. The van der Waals surface area contributed by atoms with E-state index in [4.69, 9.17) is 18.9 Å². The van der Waals surface area contributed by atoms with Gasteiger partial charge in [0.15, 0.2) is 0 Å². The van der Waals surface area contributed by atoms with Gasteiger partial charge < -0.3 is 23.5 Å². The average molecular weight is 482 g/mol. The minimum absolute atomic E-state index is 0.0464. The van der Waals surface area contributed by atoms with Gasteiger partial charge in [-0.3, -0.25) is 4.90 Å². The highest BCUT2D eigenvalue weighted by molar-refractivity contribution is 5.92. The summed E-state index contributed by atoms with van der Waals surface area (Å²) in [5.74, 6) is 1.18. The number of fused-ring (bicyclic) bond motifs is 1.